The minimum Gasteiger partial charge on any atom is -0.504 e. The van der Waals surface area contributed by atoms with Crippen molar-refractivity contribution >= 4 is 44.8 Å². The maximum Gasteiger partial charge on any atom is 0.286 e. The molecular formula is C12H11BrN2O3S. The Morgan fingerprint density at radius 3 is 2.89 bits per heavy atom. The van der Waals surface area contributed by atoms with Crippen LogP contribution in [0.15, 0.2) is 26.5 Å². The summed E-state index contributed by atoms with van der Waals surface area (Å²) in [7, 11) is 0. The molecule has 1 heterocycles. The number of nitrogens with two attached hydrogens (primary N) is 1. The van der Waals surface area contributed by atoms with E-state index in [0.717, 1.165) is 16.2 Å². The number of amidine groups is 1. The van der Waals surface area contributed by atoms with E-state index in [2.05, 4.69) is 20.9 Å². The first kappa shape index (κ1) is 14.0. The minimum absolute atomic E-state index is 0.0172. The number of carbonyl (C=O) groups excluding carboxylic acids is 1. The van der Waals surface area contributed by atoms with Crippen molar-refractivity contribution in [3.8, 4) is 11.5 Å². The molecule has 5 nitrogen and oxygen atoms in total. The molecule has 1 aromatic carbocycles. The van der Waals surface area contributed by atoms with E-state index in [1.165, 1.54) is 0 Å². The predicted molar refractivity (Wildman–Crippen MR) is 79.2 cm³/mol. The molecule has 1 aromatic rings. The fourth-order valence-electron chi connectivity index (χ4n) is 1.54. The van der Waals surface area contributed by atoms with Gasteiger partial charge < -0.3 is 15.6 Å². The van der Waals surface area contributed by atoms with Crippen LogP contribution >= 0.6 is 27.7 Å². The summed E-state index contributed by atoms with van der Waals surface area (Å²) in [5, 5.41) is 10.3. The SMILES string of the molecule is CCOc1cc(Br)cc(/C=C2/SC(N)=NC2=O)c1O. The third-order valence-electron chi connectivity index (χ3n) is 2.29. The van der Waals surface area contributed by atoms with Crippen LogP contribution in [-0.2, 0) is 4.79 Å². The van der Waals surface area contributed by atoms with E-state index in [-0.39, 0.29) is 10.9 Å². The molecular weight excluding hydrogens is 332 g/mol. The second-order valence-electron chi connectivity index (χ2n) is 3.64. The van der Waals surface area contributed by atoms with Gasteiger partial charge in [0.2, 0.25) is 0 Å². The summed E-state index contributed by atoms with van der Waals surface area (Å²) in [6, 6.07) is 3.35. The summed E-state index contributed by atoms with van der Waals surface area (Å²) >= 11 is 4.40. The number of amides is 1. The maximum atomic E-state index is 11.5. The Morgan fingerprint density at radius 2 is 2.32 bits per heavy atom. The van der Waals surface area contributed by atoms with Gasteiger partial charge in [-0.3, -0.25) is 4.79 Å². The zero-order chi connectivity index (χ0) is 14.0. The van der Waals surface area contributed by atoms with Gasteiger partial charge in [0.1, 0.15) is 0 Å². The van der Waals surface area contributed by atoms with Gasteiger partial charge in [-0.15, -0.1) is 0 Å². The molecule has 1 amide bonds. The Bertz CT molecular complexity index is 599. The molecule has 0 spiro atoms. The number of carbonyl (C=O) groups is 1. The van der Waals surface area contributed by atoms with Gasteiger partial charge in [-0.25, -0.2) is 0 Å². The van der Waals surface area contributed by atoms with E-state index in [1.54, 1.807) is 18.2 Å². The second kappa shape index (κ2) is 5.66. The summed E-state index contributed by atoms with van der Waals surface area (Å²) < 4.78 is 6.06. The van der Waals surface area contributed by atoms with Crippen molar-refractivity contribution < 1.29 is 14.6 Å². The van der Waals surface area contributed by atoms with Crippen molar-refractivity contribution in [3.63, 3.8) is 0 Å². The van der Waals surface area contributed by atoms with Crippen molar-refractivity contribution in [2.75, 3.05) is 6.61 Å². The zero-order valence-corrected chi connectivity index (χ0v) is 12.4. The first-order valence-electron chi connectivity index (χ1n) is 5.44. The summed E-state index contributed by atoms with van der Waals surface area (Å²) in [6.07, 6.45) is 1.54. The van der Waals surface area contributed by atoms with E-state index < -0.39 is 5.91 Å². The van der Waals surface area contributed by atoms with Gasteiger partial charge in [-0.2, -0.15) is 4.99 Å². The Kier molecular flexibility index (Phi) is 4.16. The van der Waals surface area contributed by atoms with Gasteiger partial charge in [0.15, 0.2) is 16.7 Å². The van der Waals surface area contributed by atoms with Crippen LogP contribution in [0.25, 0.3) is 6.08 Å². The highest BCUT2D eigenvalue weighted by Crippen LogP contribution is 2.37. The topological polar surface area (TPSA) is 84.9 Å². The molecule has 0 fully saturated rings. The van der Waals surface area contributed by atoms with Gasteiger partial charge in [-0.05, 0) is 36.9 Å². The van der Waals surface area contributed by atoms with Gasteiger partial charge >= 0.3 is 0 Å². The Hall–Kier alpha value is -1.47. The molecule has 0 unspecified atom stereocenters. The van der Waals surface area contributed by atoms with Crippen molar-refractivity contribution in [3.05, 3.63) is 27.1 Å². The molecule has 1 aliphatic heterocycles. The largest absolute Gasteiger partial charge is 0.504 e. The highest BCUT2D eigenvalue weighted by Gasteiger charge is 2.20. The van der Waals surface area contributed by atoms with Crippen molar-refractivity contribution in [1.82, 2.24) is 0 Å². The van der Waals surface area contributed by atoms with E-state index in [4.69, 9.17) is 10.5 Å². The number of aliphatic imine (C=N–C) groups is 1. The number of hydrogen-bond donors (Lipinski definition) is 2. The van der Waals surface area contributed by atoms with Gasteiger partial charge in [0.25, 0.3) is 5.91 Å². The van der Waals surface area contributed by atoms with Crippen LogP contribution in [0.1, 0.15) is 12.5 Å². The summed E-state index contributed by atoms with van der Waals surface area (Å²) in [6.45, 7) is 2.26. The lowest BCUT2D eigenvalue weighted by atomic mass is 10.1. The van der Waals surface area contributed by atoms with Crippen molar-refractivity contribution in [2.45, 2.75) is 6.92 Å². The number of aromatic hydroxyl groups is 1. The highest BCUT2D eigenvalue weighted by molar-refractivity contribution is 9.10. The van der Waals surface area contributed by atoms with Crippen LogP contribution in [-0.4, -0.2) is 22.8 Å². The summed E-state index contributed by atoms with van der Waals surface area (Å²) in [5.41, 5.74) is 5.94. The molecule has 1 aliphatic rings. The molecule has 0 saturated carbocycles. The average Bonchev–Trinajstić information content (AvgIpc) is 2.64. The second-order valence-corrected chi connectivity index (χ2v) is 5.62. The molecule has 0 atom stereocenters. The molecule has 0 aliphatic carbocycles. The van der Waals surface area contributed by atoms with E-state index in [1.807, 2.05) is 6.92 Å². The van der Waals surface area contributed by atoms with Gasteiger partial charge in [0, 0.05) is 10.0 Å². The molecule has 3 N–H and O–H groups in total. The smallest absolute Gasteiger partial charge is 0.286 e. The van der Waals surface area contributed by atoms with Crippen LogP contribution in [0.5, 0.6) is 11.5 Å². The first-order chi connectivity index (χ1) is 9.01. The molecule has 2 rings (SSSR count). The number of halogens is 1. The molecule has 100 valence electrons. The van der Waals surface area contributed by atoms with Crippen LogP contribution in [0.4, 0.5) is 0 Å². The standard InChI is InChI=1S/C12H11BrN2O3S/c1-2-18-8-5-7(13)3-6(10(8)16)4-9-11(17)15-12(14)19-9/h3-5,16H,2H2,1H3,(H2,14,15,17)/b9-4+. The number of rotatable bonds is 3. The minimum atomic E-state index is -0.403. The lowest BCUT2D eigenvalue weighted by Gasteiger charge is -2.09. The lowest BCUT2D eigenvalue weighted by molar-refractivity contribution is -0.113. The number of hydrogen-bond acceptors (Lipinski definition) is 5. The number of phenols is 1. The van der Waals surface area contributed by atoms with Crippen molar-refractivity contribution in [2.24, 2.45) is 10.7 Å². The van der Waals surface area contributed by atoms with Gasteiger partial charge in [-0.1, -0.05) is 15.9 Å². The molecule has 0 radical (unpaired) electrons. The molecule has 7 heteroatoms. The Labute approximate surface area is 122 Å². The fraction of sp³-hybridized carbons (Fsp3) is 0.167. The predicted octanol–water partition coefficient (Wildman–Crippen LogP) is 2.48. The molecule has 0 bridgehead atoms. The van der Waals surface area contributed by atoms with Crippen molar-refractivity contribution in [1.29, 1.82) is 0 Å². The monoisotopic (exact) mass is 342 g/mol. The normalized spacial score (nSPS) is 16.8. The van der Waals surface area contributed by atoms with E-state index in [0.29, 0.717) is 22.8 Å². The van der Waals surface area contributed by atoms with E-state index >= 15 is 0 Å². The Balaban J connectivity index is 2.41. The lowest BCUT2D eigenvalue weighted by Crippen LogP contribution is -2.01. The third kappa shape index (κ3) is 3.10. The van der Waals surface area contributed by atoms with Crippen LogP contribution in [0.2, 0.25) is 0 Å². The number of thioether (sulfide) groups is 1. The number of benzene rings is 1. The third-order valence-corrected chi connectivity index (χ3v) is 3.56. The summed E-state index contributed by atoms with van der Waals surface area (Å²) in [4.78, 5) is 15.5. The fourth-order valence-corrected chi connectivity index (χ4v) is 2.66. The first-order valence-corrected chi connectivity index (χ1v) is 7.05. The maximum absolute atomic E-state index is 11.5. The molecule has 0 aromatic heterocycles. The highest BCUT2D eigenvalue weighted by atomic mass is 79.9. The number of ether oxygens (including phenoxy) is 1. The van der Waals surface area contributed by atoms with Crippen LogP contribution in [0.3, 0.4) is 0 Å². The zero-order valence-electron chi connectivity index (χ0n) is 10.0. The average molecular weight is 343 g/mol. The molecule has 0 saturated heterocycles. The Morgan fingerprint density at radius 1 is 1.58 bits per heavy atom. The summed E-state index contributed by atoms with van der Waals surface area (Å²) in [5.74, 6) is -0.0654. The van der Waals surface area contributed by atoms with Gasteiger partial charge in [0.05, 0.1) is 11.5 Å². The van der Waals surface area contributed by atoms with Crippen LogP contribution in [0, 0.1) is 0 Å². The molecule has 19 heavy (non-hydrogen) atoms. The van der Waals surface area contributed by atoms with Crippen LogP contribution < -0.4 is 10.5 Å². The number of nitrogens with zero attached hydrogens (tertiary/aromatic N) is 1. The quantitative estimate of drug-likeness (QED) is 0.824. The van der Waals surface area contributed by atoms with E-state index in [9.17, 15) is 9.90 Å². The number of phenolic OH excluding ortho intramolecular Hbond substituents is 1.